The summed E-state index contributed by atoms with van der Waals surface area (Å²) in [5.74, 6) is 0. The number of anilines is 9. The Labute approximate surface area is 474 Å². The molecular formula is C75H82BN3. The van der Waals surface area contributed by atoms with E-state index >= 15 is 0 Å². The zero-order chi connectivity index (χ0) is 55.7. The molecule has 0 saturated carbocycles. The van der Waals surface area contributed by atoms with E-state index in [0.29, 0.717) is 0 Å². The molecule has 0 atom stereocenters. The summed E-state index contributed by atoms with van der Waals surface area (Å²) in [6, 6.07) is 61.8. The van der Waals surface area contributed by atoms with Gasteiger partial charge in [0, 0.05) is 50.9 Å². The smallest absolute Gasteiger partial charge is 0.252 e. The van der Waals surface area contributed by atoms with Crippen LogP contribution in [0.25, 0.3) is 0 Å². The fourth-order valence-corrected chi connectivity index (χ4v) is 16.4. The quantitative estimate of drug-likeness (QED) is 0.147. The third-order valence-corrected chi connectivity index (χ3v) is 20.4. The van der Waals surface area contributed by atoms with Crippen LogP contribution in [0.2, 0.25) is 0 Å². The first-order valence-electron chi connectivity index (χ1n) is 29.6. The van der Waals surface area contributed by atoms with E-state index in [1.165, 1.54) is 113 Å². The Morgan fingerprint density at radius 3 is 1.24 bits per heavy atom. The average Bonchev–Trinajstić information content (AvgIpc) is 3.62. The van der Waals surface area contributed by atoms with E-state index in [-0.39, 0.29) is 44.6 Å². The average molecular weight is 1040 g/mol. The van der Waals surface area contributed by atoms with Gasteiger partial charge in [0.2, 0.25) is 0 Å². The van der Waals surface area contributed by atoms with Gasteiger partial charge in [0.25, 0.3) is 6.71 Å². The van der Waals surface area contributed by atoms with E-state index in [2.05, 4.69) is 283 Å². The molecule has 0 aromatic heterocycles. The lowest BCUT2D eigenvalue weighted by Gasteiger charge is -2.47. The Morgan fingerprint density at radius 1 is 0.367 bits per heavy atom. The molecule has 400 valence electrons. The van der Waals surface area contributed by atoms with Crippen LogP contribution in [0, 0.1) is 13.8 Å². The van der Waals surface area contributed by atoms with Crippen LogP contribution in [-0.4, -0.2) is 6.71 Å². The van der Waals surface area contributed by atoms with Crippen molar-refractivity contribution in [1.82, 2.24) is 0 Å². The molecule has 0 radical (unpaired) electrons. The Morgan fingerprint density at radius 2 is 0.759 bits per heavy atom. The maximum atomic E-state index is 2.76. The number of hydrogen-bond acceptors (Lipinski definition) is 3. The number of benzene rings is 8. The highest BCUT2D eigenvalue weighted by Gasteiger charge is 2.50. The van der Waals surface area contributed by atoms with Crippen molar-refractivity contribution in [2.24, 2.45) is 0 Å². The molecule has 0 bridgehead atoms. The van der Waals surface area contributed by atoms with Crippen molar-refractivity contribution >= 4 is 74.3 Å². The minimum Gasteiger partial charge on any atom is -0.311 e. The number of para-hydroxylation sites is 2. The van der Waals surface area contributed by atoms with Crippen LogP contribution < -0.4 is 31.1 Å². The number of fused-ring (bicyclic) bond motifs is 7. The Bertz CT molecular complexity index is 3760. The van der Waals surface area contributed by atoms with Crippen molar-refractivity contribution in [1.29, 1.82) is 0 Å². The maximum Gasteiger partial charge on any atom is 0.252 e. The molecule has 0 N–H and O–H groups in total. The van der Waals surface area contributed by atoms with Gasteiger partial charge in [0.15, 0.2) is 0 Å². The molecule has 4 heteroatoms. The lowest BCUT2D eigenvalue weighted by molar-refractivity contribution is 0.332. The maximum absolute atomic E-state index is 2.76. The summed E-state index contributed by atoms with van der Waals surface area (Å²) < 4.78 is 0. The number of aryl methyl sites for hydroxylation is 2. The van der Waals surface area contributed by atoms with Crippen LogP contribution in [0.1, 0.15) is 178 Å². The molecule has 8 aromatic rings. The summed E-state index contributed by atoms with van der Waals surface area (Å²) >= 11 is 0. The summed E-state index contributed by atoms with van der Waals surface area (Å²) in [5, 5.41) is 0. The molecule has 2 aliphatic heterocycles. The number of rotatable bonds is 7. The van der Waals surface area contributed by atoms with E-state index in [0.717, 1.165) is 36.3 Å². The highest BCUT2D eigenvalue weighted by Crippen LogP contribution is 2.57. The van der Waals surface area contributed by atoms with Crippen molar-refractivity contribution in [2.45, 2.75) is 174 Å². The first kappa shape index (κ1) is 51.6. The molecule has 13 rings (SSSR count). The molecule has 0 saturated heterocycles. The van der Waals surface area contributed by atoms with Crippen LogP contribution in [0.15, 0.2) is 158 Å². The summed E-state index contributed by atoms with van der Waals surface area (Å²) in [6.45, 7) is 39.3. The Balaban J connectivity index is 1.21. The predicted octanol–water partition coefficient (Wildman–Crippen LogP) is 18.4. The molecule has 2 heterocycles. The molecule has 0 unspecified atom stereocenters. The molecule has 0 fully saturated rings. The third kappa shape index (κ3) is 7.80. The Kier molecular flexibility index (Phi) is 11.2. The van der Waals surface area contributed by atoms with E-state index in [1.807, 2.05) is 0 Å². The SMILES string of the molecule is Cc1cc2c(cc1N1c3cc4c(cc3B3c5ccc(C(C)(C)c6ccccc6)cc5N(c5cc6c(cc5C)C(C)(C)CC6(C)C)c5cc(N(c6ccccc6)c6ccccc6)cc1c53)C(C)(C)CC4(C)C)C(C)(C)CCC2(C)C. The summed E-state index contributed by atoms with van der Waals surface area (Å²) in [5.41, 5.74) is 29.1. The van der Waals surface area contributed by atoms with Crippen LogP contribution in [-0.2, 0) is 37.9 Å². The number of nitrogens with zero attached hydrogens (tertiary/aromatic N) is 3. The third-order valence-electron chi connectivity index (χ3n) is 20.4. The summed E-state index contributed by atoms with van der Waals surface area (Å²) in [7, 11) is 0. The number of hydrogen-bond donors (Lipinski definition) is 0. The van der Waals surface area contributed by atoms with Crippen molar-refractivity contribution in [3.63, 3.8) is 0 Å². The molecule has 79 heavy (non-hydrogen) atoms. The van der Waals surface area contributed by atoms with Crippen molar-refractivity contribution in [3.05, 3.63) is 213 Å². The summed E-state index contributed by atoms with van der Waals surface area (Å²) in [4.78, 5) is 8.00. The highest BCUT2D eigenvalue weighted by atomic mass is 15.2. The summed E-state index contributed by atoms with van der Waals surface area (Å²) in [6.07, 6.45) is 4.54. The molecular weight excluding hydrogens is 954 g/mol. The highest BCUT2D eigenvalue weighted by molar-refractivity contribution is 7.00. The van der Waals surface area contributed by atoms with Crippen molar-refractivity contribution < 1.29 is 0 Å². The standard InChI is InChI=1S/C75H82BN3/c1-47-36-54-57(70(5,6)35-34-69(54,3)4)42-62(47)79-65-44-59-56(72(9,10)46-74(59,13)14)41-61(65)76-60-33-32-50(75(15,16)49-26-20-17-21-27-49)38-64(60)78(63-43-58-55(37-48(63)2)71(7,8)45-73(58,11)12)66-39-53(40-67(79)68(66)76)77(51-28-22-18-23-29-51)52-30-24-19-25-31-52/h17-33,36-44H,34-35,45-46H2,1-16H3. The van der Waals surface area contributed by atoms with E-state index in [9.17, 15) is 0 Å². The fraction of sp³-hybridized carbons (Fsp3) is 0.360. The normalized spacial score (nSPS) is 19.0. The molecule has 0 spiro atoms. The van der Waals surface area contributed by atoms with Crippen LogP contribution in [0.5, 0.6) is 0 Å². The molecule has 5 aliphatic rings. The molecule has 0 amide bonds. The predicted molar refractivity (Wildman–Crippen MR) is 340 cm³/mol. The van der Waals surface area contributed by atoms with Gasteiger partial charge in [0.1, 0.15) is 0 Å². The van der Waals surface area contributed by atoms with E-state index in [4.69, 9.17) is 0 Å². The van der Waals surface area contributed by atoms with Gasteiger partial charge in [-0.2, -0.15) is 0 Å². The Hall–Kier alpha value is -6.78. The van der Waals surface area contributed by atoms with Crippen LogP contribution in [0.3, 0.4) is 0 Å². The second-order valence-electron chi connectivity index (χ2n) is 29.3. The van der Waals surface area contributed by atoms with Crippen molar-refractivity contribution in [3.8, 4) is 0 Å². The van der Waals surface area contributed by atoms with Crippen molar-refractivity contribution in [2.75, 3.05) is 14.7 Å². The lowest BCUT2D eigenvalue weighted by Crippen LogP contribution is -2.61. The van der Waals surface area contributed by atoms with Gasteiger partial charge in [-0.3, -0.25) is 0 Å². The first-order valence-corrected chi connectivity index (χ1v) is 29.6. The van der Waals surface area contributed by atoms with Gasteiger partial charge in [0.05, 0.1) is 5.69 Å². The van der Waals surface area contributed by atoms with E-state index < -0.39 is 0 Å². The second-order valence-corrected chi connectivity index (χ2v) is 29.3. The van der Waals surface area contributed by atoms with Crippen LogP contribution in [0.4, 0.5) is 51.2 Å². The zero-order valence-corrected chi connectivity index (χ0v) is 50.3. The lowest BCUT2D eigenvalue weighted by atomic mass is 9.33. The molecule has 3 aliphatic carbocycles. The van der Waals surface area contributed by atoms with Gasteiger partial charge in [-0.25, -0.2) is 0 Å². The first-order chi connectivity index (χ1) is 37.2. The van der Waals surface area contributed by atoms with E-state index in [1.54, 1.807) is 0 Å². The fourth-order valence-electron chi connectivity index (χ4n) is 16.4. The topological polar surface area (TPSA) is 9.72 Å². The second kappa shape index (κ2) is 17.1. The minimum absolute atomic E-state index is 0.00128. The minimum atomic E-state index is -0.268. The molecule has 8 aromatic carbocycles. The van der Waals surface area contributed by atoms with Gasteiger partial charge in [-0.1, -0.05) is 194 Å². The van der Waals surface area contributed by atoms with Crippen LogP contribution >= 0.6 is 0 Å². The van der Waals surface area contributed by atoms with Gasteiger partial charge >= 0.3 is 0 Å². The zero-order valence-electron chi connectivity index (χ0n) is 50.3. The largest absolute Gasteiger partial charge is 0.311 e. The van der Waals surface area contributed by atoms with Gasteiger partial charge in [-0.15, -0.1) is 0 Å². The molecule has 3 nitrogen and oxygen atoms in total. The monoisotopic (exact) mass is 1040 g/mol. The van der Waals surface area contributed by atoms with Gasteiger partial charge in [-0.05, 0) is 205 Å². The van der Waals surface area contributed by atoms with Gasteiger partial charge < -0.3 is 14.7 Å².